The number of likely N-dealkylation sites (N-methyl/N-ethyl adjacent to an activating group) is 1. The number of hydrogen-bond donors (Lipinski definition) is 0. The number of carbonyl (C=O) groups excluding carboxylic acids is 1. The first-order valence-corrected chi connectivity index (χ1v) is 8.54. The summed E-state index contributed by atoms with van der Waals surface area (Å²) >= 11 is 6.06. The molecule has 1 amide bonds. The van der Waals surface area contributed by atoms with Crippen molar-refractivity contribution in [3.63, 3.8) is 0 Å². The summed E-state index contributed by atoms with van der Waals surface area (Å²) in [4.78, 5) is 20.6. The zero-order valence-electron chi connectivity index (χ0n) is 14.6. The van der Waals surface area contributed by atoms with Crippen molar-refractivity contribution >= 4 is 17.5 Å². The molecule has 1 heterocycles. The van der Waals surface area contributed by atoms with Gasteiger partial charge in [-0.1, -0.05) is 30.7 Å². The summed E-state index contributed by atoms with van der Waals surface area (Å²) in [5, 5.41) is 0.725. The van der Waals surface area contributed by atoms with Gasteiger partial charge in [0.15, 0.2) is 0 Å². The molecular formula is C18H25ClN4O. The third-order valence-corrected chi connectivity index (χ3v) is 4.08. The quantitative estimate of drug-likeness (QED) is 0.736. The molecule has 130 valence electrons. The van der Waals surface area contributed by atoms with Crippen LogP contribution in [0, 0.1) is 0 Å². The standard InChI is InChI=1S/C18H25ClN4O/c1-4-18(24)23(11-10-21(2)3)14-17-20-8-9-22(17)13-15-6-5-7-16(19)12-15/h5-9,12H,4,10-11,13-14H2,1-3H3. The number of halogens is 1. The van der Waals surface area contributed by atoms with Crippen molar-refractivity contribution in [3.05, 3.63) is 53.1 Å². The molecule has 0 saturated carbocycles. The van der Waals surface area contributed by atoms with Crippen molar-refractivity contribution in [2.45, 2.75) is 26.4 Å². The molecular weight excluding hydrogens is 324 g/mol. The number of rotatable bonds is 8. The number of aromatic nitrogens is 2. The first-order chi connectivity index (χ1) is 11.5. The Balaban J connectivity index is 2.10. The van der Waals surface area contributed by atoms with Crippen LogP contribution in [0.25, 0.3) is 0 Å². The summed E-state index contributed by atoms with van der Waals surface area (Å²) in [7, 11) is 4.02. The predicted molar refractivity (Wildman–Crippen MR) is 97.0 cm³/mol. The van der Waals surface area contributed by atoms with Gasteiger partial charge in [-0.15, -0.1) is 0 Å². The topological polar surface area (TPSA) is 41.4 Å². The van der Waals surface area contributed by atoms with Gasteiger partial charge in [-0.25, -0.2) is 4.98 Å². The van der Waals surface area contributed by atoms with E-state index in [1.54, 1.807) is 6.20 Å². The Hall–Kier alpha value is -1.85. The molecule has 6 heteroatoms. The van der Waals surface area contributed by atoms with Gasteiger partial charge in [-0.2, -0.15) is 0 Å². The summed E-state index contributed by atoms with van der Waals surface area (Å²) in [6, 6.07) is 7.80. The predicted octanol–water partition coefficient (Wildman–Crippen LogP) is 2.89. The summed E-state index contributed by atoms with van der Waals surface area (Å²) in [5.41, 5.74) is 1.11. The first kappa shape index (κ1) is 18.5. The maximum absolute atomic E-state index is 12.2. The van der Waals surface area contributed by atoms with Gasteiger partial charge >= 0.3 is 0 Å². The van der Waals surface area contributed by atoms with Crippen LogP contribution >= 0.6 is 11.6 Å². The molecule has 0 spiro atoms. The van der Waals surface area contributed by atoms with E-state index in [2.05, 4.69) is 14.5 Å². The molecule has 0 aliphatic rings. The highest BCUT2D eigenvalue weighted by Crippen LogP contribution is 2.13. The molecule has 0 unspecified atom stereocenters. The van der Waals surface area contributed by atoms with Crippen molar-refractivity contribution in [2.75, 3.05) is 27.2 Å². The Kier molecular flexibility index (Phi) is 6.82. The lowest BCUT2D eigenvalue weighted by molar-refractivity contribution is -0.131. The zero-order chi connectivity index (χ0) is 17.5. The van der Waals surface area contributed by atoms with Gasteiger partial charge in [0.25, 0.3) is 0 Å². The Morgan fingerprint density at radius 3 is 2.75 bits per heavy atom. The van der Waals surface area contributed by atoms with Crippen molar-refractivity contribution < 1.29 is 4.79 Å². The third kappa shape index (κ3) is 5.35. The summed E-state index contributed by atoms with van der Waals surface area (Å²) < 4.78 is 2.07. The van der Waals surface area contributed by atoms with Gasteiger partial charge in [0.1, 0.15) is 5.82 Å². The van der Waals surface area contributed by atoms with E-state index in [1.165, 1.54) is 0 Å². The van der Waals surface area contributed by atoms with Gasteiger partial charge in [-0.05, 0) is 31.8 Å². The molecule has 2 aromatic rings. The van der Waals surface area contributed by atoms with E-state index in [1.807, 2.05) is 56.4 Å². The van der Waals surface area contributed by atoms with Gasteiger partial charge in [0.2, 0.25) is 5.91 Å². The van der Waals surface area contributed by atoms with Crippen LogP contribution < -0.4 is 0 Å². The largest absolute Gasteiger partial charge is 0.334 e. The van der Waals surface area contributed by atoms with E-state index >= 15 is 0 Å². The monoisotopic (exact) mass is 348 g/mol. The highest BCUT2D eigenvalue weighted by Gasteiger charge is 2.15. The number of amides is 1. The van der Waals surface area contributed by atoms with E-state index in [0.29, 0.717) is 26.1 Å². The maximum Gasteiger partial charge on any atom is 0.222 e. The van der Waals surface area contributed by atoms with Gasteiger partial charge < -0.3 is 14.4 Å². The Labute approximate surface area is 148 Å². The second kappa shape index (κ2) is 8.85. The molecule has 1 aromatic carbocycles. The molecule has 0 atom stereocenters. The van der Waals surface area contributed by atoms with Gasteiger partial charge in [-0.3, -0.25) is 4.79 Å². The summed E-state index contributed by atoms with van der Waals surface area (Å²) in [6.07, 6.45) is 4.22. The summed E-state index contributed by atoms with van der Waals surface area (Å²) in [6.45, 7) is 4.64. The first-order valence-electron chi connectivity index (χ1n) is 8.16. The molecule has 5 nitrogen and oxygen atoms in total. The van der Waals surface area contributed by atoms with Crippen LogP contribution in [0.4, 0.5) is 0 Å². The fraction of sp³-hybridized carbons (Fsp3) is 0.444. The minimum Gasteiger partial charge on any atom is -0.334 e. The maximum atomic E-state index is 12.2. The van der Waals surface area contributed by atoms with E-state index in [0.717, 1.165) is 23.0 Å². The minimum absolute atomic E-state index is 0.147. The lowest BCUT2D eigenvalue weighted by atomic mass is 10.2. The van der Waals surface area contributed by atoms with Crippen molar-refractivity contribution in [1.82, 2.24) is 19.4 Å². The number of carbonyl (C=O) groups is 1. The molecule has 0 N–H and O–H groups in total. The Bertz CT molecular complexity index is 669. The average Bonchev–Trinajstić information content (AvgIpc) is 2.97. The van der Waals surface area contributed by atoms with E-state index in [9.17, 15) is 4.79 Å². The molecule has 1 aromatic heterocycles. The molecule has 0 aliphatic carbocycles. The van der Waals surface area contributed by atoms with E-state index in [-0.39, 0.29) is 5.91 Å². The smallest absolute Gasteiger partial charge is 0.222 e. The van der Waals surface area contributed by atoms with Crippen LogP contribution in [-0.4, -0.2) is 52.4 Å². The van der Waals surface area contributed by atoms with Gasteiger partial charge in [0.05, 0.1) is 6.54 Å². The number of benzene rings is 1. The van der Waals surface area contributed by atoms with Crippen LogP contribution in [0.1, 0.15) is 24.7 Å². The lowest BCUT2D eigenvalue weighted by Crippen LogP contribution is -2.36. The number of imidazole rings is 1. The fourth-order valence-corrected chi connectivity index (χ4v) is 2.69. The molecule has 0 radical (unpaired) electrons. The van der Waals surface area contributed by atoms with Crippen LogP contribution in [0.15, 0.2) is 36.7 Å². The molecule has 0 fully saturated rings. The van der Waals surface area contributed by atoms with Crippen LogP contribution in [-0.2, 0) is 17.9 Å². The van der Waals surface area contributed by atoms with Crippen molar-refractivity contribution in [1.29, 1.82) is 0 Å². The average molecular weight is 349 g/mol. The van der Waals surface area contributed by atoms with Crippen LogP contribution in [0.3, 0.4) is 0 Å². The molecule has 0 bridgehead atoms. The van der Waals surface area contributed by atoms with Crippen molar-refractivity contribution in [3.8, 4) is 0 Å². The van der Waals surface area contributed by atoms with E-state index in [4.69, 9.17) is 11.6 Å². The third-order valence-electron chi connectivity index (χ3n) is 3.85. The van der Waals surface area contributed by atoms with Crippen LogP contribution in [0.2, 0.25) is 5.02 Å². The lowest BCUT2D eigenvalue weighted by Gasteiger charge is -2.24. The van der Waals surface area contributed by atoms with Crippen molar-refractivity contribution in [2.24, 2.45) is 0 Å². The highest BCUT2D eigenvalue weighted by atomic mass is 35.5. The summed E-state index contributed by atoms with van der Waals surface area (Å²) in [5.74, 6) is 1.03. The second-order valence-corrected chi connectivity index (χ2v) is 6.51. The molecule has 24 heavy (non-hydrogen) atoms. The number of hydrogen-bond acceptors (Lipinski definition) is 3. The normalized spacial score (nSPS) is 11.0. The molecule has 0 saturated heterocycles. The fourth-order valence-electron chi connectivity index (χ4n) is 2.47. The molecule has 0 aliphatic heterocycles. The van der Waals surface area contributed by atoms with E-state index < -0.39 is 0 Å². The minimum atomic E-state index is 0.147. The van der Waals surface area contributed by atoms with Crippen LogP contribution in [0.5, 0.6) is 0 Å². The SMILES string of the molecule is CCC(=O)N(CCN(C)C)Cc1nccn1Cc1cccc(Cl)c1. The molecule has 2 rings (SSSR count). The van der Waals surface area contributed by atoms with Gasteiger partial charge in [0, 0.05) is 43.5 Å². The Morgan fingerprint density at radius 2 is 2.08 bits per heavy atom. The number of nitrogens with zero attached hydrogens (tertiary/aromatic N) is 4. The highest BCUT2D eigenvalue weighted by molar-refractivity contribution is 6.30. The zero-order valence-corrected chi connectivity index (χ0v) is 15.3. The second-order valence-electron chi connectivity index (χ2n) is 6.07. The Morgan fingerprint density at radius 1 is 1.29 bits per heavy atom.